The zero-order valence-electron chi connectivity index (χ0n) is 17.7. The van der Waals surface area contributed by atoms with Gasteiger partial charge in [0.2, 0.25) is 21.7 Å². The van der Waals surface area contributed by atoms with Gasteiger partial charge in [0.25, 0.3) is 5.91 Å². The Morgan fingerprint density at radius 1 is 1.13 bits per heavy atom. The first kappa shape index (κ1) is 22.4. The van der Waals surface area contributed by atoms with E-state index in [9.17, 15) is 13.2 Å². The molecule has 0 saturated carbocycles. The zero-order chi connectivity index (χ0) is 22.6. The van der Waals surface area contributed by atoms with Crippen LogP contribution >= 0.6 is 0 Å². The van der Waals surface area contributed by atoms with E-state index in [0.29, 0.717) is 23.2 Å². The molecule has 2 aromatic carbocycles. The summed E-state index contributed by atoms with van der Waals surface area (Å²) in [5.41, 5.74) is 1.24. The van der Waals surface area contributed by atoms with Crippen molar-refractivity contribution < 1.29 is 22.5 Å². The van der Waals surface area contributed by atoms with Gasteiger partial charge in [0.05, 0.1) is 4.90 Å². The Labute approximate surface area is 181 Å². The third-order valence-electron chi connectivity index (χ3n) is 4.55. The molecule has 0 saturated heterocycles. The molecule has 0 unspecified atom stereocenters. The largest absolute Gasteiger partial charge is 0.484 e. The molecule has 1 N–H and O–H groups in total. The van der Waals surface area contributed by atoms with Crippen molar-refractivity contribution in [1.29, 1.82) is 0 Å². The van der Waals surface area contributed by atoms with Crippen molar-refractivity contribution in [1.82, 2.24) is 14.4 Å². The van der Waals surface area contributed by atoms with Gasteiger partial charge in [0.15, 0.2) is 6.61 Å². The Morgan fingerprint density at radius 2 is 1.77 bits per heavy atom. The van der Waals surface area contributed by atoms with Gasteiger partial charge in [-0.05, 0) is 62.4 Å². The Balaban J connectivity index is 1.55. The number of aromatic nitrogens is 2. The monoisotopic (exact) mass is 444 g/mol. The first-order valence-electron chi connectivity index (χ1n) is 9.58. The fourth-order valence-corrected chi connectivity index (χ4v) is 3.98. The Kier molecular flexibility index (Phi) is 6.71. The van der Waals surface area contributed by atoms with Crippen LogP contribution < -0.4 is 10.1 Å². The van der Waals surface area contributed by atoms with Crippen LogP contribution in [0.5, 0.6) is 5.75 Å². The van der Waals surface area contributed by atoms with Gasteiger partial charge in [-0.2, -0.15) is 9.29 Å². The number of sulfonamides is 1. The summed E-state index contributed by atoms with van der Waals surface area (Å²) >= 11 is 0. The summed E-state index contributed by atoms with van der Waals surface area (Å²) in [5, 5.41) is 6.52. The number of benzene rings is 2. The maximum absolute atomic E-state index is 12.5. The van der Waals surface area contributed by atoms with E-state index in [0.717, 1.165) is 5.56 Å². The minimum absolute atomic E-state index is 0.160. The summed E-state index contributed by atoms with van der Waals surface area (Å²) in [6.45, 7) is 5.11. The second-order valence-corrected chi connectivity index (χ2v) is 9.14. The van der Waals surface area contributed by atoms with E-state index in [4.69, 9.17) is 9.26 Å². The van der Waals surface area contributed by atoms with Crippen molar-refractivity contribution in [2.45, 2.75) is 31.7 Å². The number of nitrogens with one attached hydrogen (secondary N) is 1. The van der Waals surface area contributed by atoms with Gasteiger partial charge in [-0.15, -0.1) is 0 Å². The maximum atomic E-state index is 12.5. The molecular weight excluding hydrogens is 420 g/mol. The molecule has 0 atom stereocenters. The fraction of sp³-hybridized carbons (Fsp3) is 0.286. The van der Waals surface area contributed by atoms with Crippen LogP contribution in [0.25, 0.3) is 11.4 Å². The quantitative estimate of drug-likeness (QED) is 0.568. The summed E-state index contributed by atoms with van der Waals surface area (Å²) in [7, 11) is -2.04. The van der Waals surface area contributed by atoms with Crippen LogP contribution in [0.4, 0.5) is 5.69 Å². The van der Waals surface area contributed by atoms with Gasteiger partial charge >= 0.3 is 0 Å². The summed E-state index contributed by atoms with van der Waals surface area (Å²) in [5.74, 6) is 1.10. The molecule has 31 heavy (non-hydrogen) atoms. The standard InChI is InChI=1S/C21H24N4O5S/c1-14(2)25(4)31(27,28)19-11-7-17(8-12-19)23-20(26)13-29-18-9-5-16(6-10-18)21-22-15(3)30-24-21/h5-12,14H,13H2,1-4H3,(H,23,26). The number of aryl methyl sites for hydroxylation is 1. The number of hydrogen-bond donors (Lipinski definition) is 1. The van der Waals surface area contributed by atoms with Gasteiger partial charge in [-0.25, -0.2) is 8.42 Å². The lowest BCUT2D eigenvalue weighted by molar-refractivity contribution is -0.118. The fourth-order valence-electron chi connectivity index (χ4n) is 2.62. The van der Waals surface area contributed by atoms with E-state index < -0.39 is 10.0 Å². The highest BCUT2D eigenvalue weighted by Gasteiger charge is 2.22. The number of rotatable bonds is 8. The van der Waals surface area contributed by atoms with E-state index in [2.05, 4.69) is 15.5 Å². The van der Waals surface area contributed by atoms with E-state index in [-0.39, 0.29) is 23.5 Å². The second-order valence-electron chi connectivity index (χ2n) is 7.14. The van der Waals surface area contributed by atoms with Crippen LogP contribution in [0.2, 0.25) is 0 Å². The van der Waals surface area contributed by atoms with Gasteiger partial charge < -0.3 is 14.6 Å². The molecule has 0 bridgehead atoms. The SMILES string of the molecule is Cc1nc(-c2ccc(OCC(=O)Nc3ccc(S(=O)(=O)N(C)C(C)C)cc3)cc2)no1. The summed E-state index contributed by atoms with van der Waals surface area (Å²) in [6, 6.07) is 12.8. The smallest absolute Gasteiger partial charge is 0.262 e. The minimum atomic E-state index is -3.57. The molecule has 3 aromatic rings. The third-order valence-corrected chi connectivity index (χ3v) is 6.60. The van der Waals surface area contributed by atoms with Crippen molar-refractivity contribution in [3.63, 3.8) is 0 Å². The maximum Gasteiger partial charge on any atom is 0.262 e. The lowest BCUT2D eigenvalue weighted by atomic mass is 10.2. The van der Waals surface area contributed by atoms with Crippen molar-refractivity contribution in [3.8, 4) is 17.1 Å². The molecule has 1 aromatic heterocycles. The predicted molar refractivity (Wildman–Crippen MR) is 115 cm³/mol. The normalized spacial score (nSPS) is 11.7. The van der Waals surface area contributed by atoms with Gasteiger partial charge in [-0.1, -0.05) is 5.16 Å². The molecule has 164 valence electrons. The number of carbonyl (C=O) groups excluding carboxylic acids is 1. The molecule has 0 fully saturated rings. The molecule has 0 aliphatic heterocycles. The minimum Gasteiger partial charge on any atom is -0.484 e. The highest BCUT2D eigenvalue weighted by atomic mass is 32.2. The average molecular weight is 445 g/mol. The lowest BCUT2D eigenvalue weighted by Gasteiger charge is -2.21. The number of amides is 1. The van der Waals surface area contributed by atoms with Crippen molar-refractivity contribution >= 4 is 21.6 Å². The number of carbonyl (C=O) groups is 1. The topological polar surface area (TPSA) is 115 Å². The molecular formula is C21H24N4O5S. The molecule has 1 heterocycles. The van der Waals surface area contributed by atoms with Crippen LogP contribution in [0.15, 0.2) is 57.9 Å². The average Bonchev–Trinajstić information content (AvgIpc) is 3.18. The number of nitrogens with zero attached hydrogens (tertiary/aromatic N) is 3. The second kappa shape index (κ2) is 9.27. The molecule has 9 nitrogen and oxygen atoms in total. The molecule has 0 spiro atoms. The molecule has 10 heteroatoms. The van der Waals surface area contributed by atoms with E-state index in [1.165, 1.54) is 23.5 Å². The third kappa shape index (κ3) is 5.47. The number of hydrogen-bond acceptors (Lipinski definition) is 7. The summed E-state index contributed by atoms with van der Waals surface area (Å²) < 4.78 is 36.7. The van der Waals surface area contributed by atoms with E-state index in [1.54, 1.807) is 57.2 Å². The molecule has 0 aliphatic rings. The van der Waals surface area contributed by atoms with Gasteiger partial charge in [0.1, 0.15) is 5.75 Å². The first-order valence-corrected chi connectivity index (χ1v) is 11.0. The lowest BCUT2D eigenvalue weighted by Crippen LogP contribution is -2.33. The van der Waals surface area contributed by atoms with Gasteiger partial charge in [0, 0.05) is 31.3 Å². The highest BCUT2D eigenvalue weighted by Crippen LogP contribution is 2.21. The molecule has 3 rings (SSSR count). The number of anilines is 1. The zero-order valence-corrected chi connectivity index (χ0v) is 18.5. The van der Waals surface area contributed by atoms with Crippen molar-refractivity contribution in [2.75, 3.05) is 19.0 Å². The molecule has 0 aliphatic carbocycles. The van der Waals surface area contributed by atoms with E-state index in [1.807, 2.05) is 0 Å². The molecule has 0 radical (unpaired) electrons. The Morgan fingerprint density at radius 3 is 2.32 bits per heavy atom. The van der Waals surface area contributed by atoms with Crippen molar-refractivity contribution in [3.05, 3.63) is 54.4 Å². The van der Waals surface area contributed by atoms with Crippen LogP contribution in [-0.4, -0.2) is 48.5 Å². The van der Waals surface area contributed by atoms with E-state index >= 15 is 0 Å². The predicted octanol–water partition coefficient (Wildman–Crippen LogP) is 3.09. The first-order chi connectivity index (χ1) is 14.7. The Bertz CT molecular complexity index is 1140. The van der Waals surface area contributed by atoms with Crippen LogP contribution in [0.1, 0.15) is 19.7 Å². The number of ether oxygens (including phenoxy) is 1. The van der Waals surface area contributed by atoms with Crippen molar-refractivity contribution in [2.24, 2.45) is 0 Å². The Hall–Kier alpha value is -3.24. The van der Waals surface area contributed by atoms with Crippen LogP contribution in [-0.2, 0) is 14.8 Å². The summed E-state index contributed by atoms with van der Waals surface area (Å²) in [6.07, 6.45) is 0. The van der Waals surface area contributed by atoms with Gasteiger partial charge in [-0.3, -0.25) is 4.79 Å². The summed E-state index contributed by atoms with van der Waals surface area (Å²) in [4.78, 5) is 16.5. The van der Waals surface area contributed by atoms with Crippen LogP contribution in [0.3, 0.4) is 0 Å². The highest BCUT2D eigenvalue weighted by molar-refractivity contribution is 7.89. The molecule has 1 amide bonds. The van der Waals surface area contributed by atoms with Crippen LogP contribution in [0, 0.1) is 6.92 Å².